The van der Waals surface area contributed by atoms with Gasteiger partial charge in [0, 0.05) is 0 Å². The molecule has 88 valence electrons. The van der Waals surface area contributed by atoms with Gasteiger partial charge in [-0.1, -0.05) is 11.6 Å². The molecule has 0 aliphatic carbocycles. The van der Waals surface area contributed by atoms with E-state index in [4.69, 9.17) is 21.1 Å². The average molecular weight is 247 g/mol. The van der Waals surface area contributed by atoms with Gasteiger partial charge in [0.2, 0.25) is 0 Å². The lowest BCUT2D eigenvalue weighted by Crippen LogP contribution is -2.09. The van der Waals surface area contributed by atoms with E-state index < -0.39 is 11.8 Å². The molecule has 0 unspecified atom stereocenters. The van der Waals surface area contributed by atoms with Crippen LogP contribution in [-0.2, 0) is 4.74 Å². The molecule has 0 fully saturated rings. The number of benzene rings is 1. The second-order valence-electron chi connectivity index (χ2n) is 2.89. The zero-order valence-corrected chi connectivity index (χ0v) is 9.81. The summed E-state index contributed by atoms with van der Waals surface area (Å²) in [6.45, 7) is 3.82. The van der Waals surface area contributed by atoms with Gasteiger partial charge in [-0.05, 0) is 26.0 Å². The molecule has 3 nitrogen and oxygen atoms in total. The Labute approximate surface area is 98.1 Å². The van der Waals surface area contributed by atoms with Crippen LogP contribution >= 0.6 is 11.6 Å². The number of hydrogen-bond donors (Lipinski definition) is 0. The Bertz CT molecular complexity index is 393. The van der Waals surface area contributed by atoms with Crippen molar-refractivity contribution in [1.82, 2.24) is 0 Å². The number of halogens is 2. The predicted octanol–water partition coefficient (Wildman–Crippen LogP) is 3.05. The maximum Gasteiger partial charge on any atom is 0.342 e. The van der Waals surface area contributed by atoms with Crippen LogP contribution in [0.3, 0.4) is 0 Å². The number of esters is 1. The quantitative estimate of drug-likeness (QED) is 0.766. The Morgan fingerprint density at radius 3 is 2.62 bits per heavy atom. The van der Waals surface area contributed by atoms with Crippen LogP contribution in [0.2, 0.25) is 5.02 Å². The lowest BCUT2D eigenvalue weighted by Gasteiger charge is -2.10. The fourth-order valence-corrected chi connectivity index (χ4v) is 1.34. The van der Waals surface area contributed by atoms with E-state index >= 15 is 0 Å². The van der Waals surface area contributed by atoms with Gasteiger partial charge in [0.05, 0.1) is 18.2 Å². The van der Waals surface area contributed by atoms with Crippen LogP contribution in [0, 0.1) is 5.82 Å². The number of rotatable bonds is 4. The number of carbonyl (C=O) groups is 1. The molecule has 0 spiro atoms. The fraction of sp³-hybridized carbons (Fsp3) is 0.364. The minimum Gasteiger partial charge on any atom is -0.490 e. The van der Waals surface area contributed by atoms with E-state index in [0.29, 0.717) is 0 Å². The molecule has 0 aliphatic heterocycles. The van der Waals surface area contributed by atoms with Crippen molar-refractivity contribution in [3.8, 4) is 5.75 Å². The summed E-state index contributed by atoms with van der Waals surface area (Å²) < 4.78 is 23.4. The monoisotopic (exact) mass is 246 g/mol. The van der Waals surface area contributed by atoms with Crippen LogP contribution in [0.1, 0.15) is 24.2 Å². The largest absolute Gasteiger partial charge is 0.490 e. The zero-order chi connectivity index (χ0) is 12.1. The Hall–Kier alpha value is -1.29. The number of hydrogen-bond acceptors (Lipinski definition) is 3. The third kappa shape index (κ3) is 2.64. The van der Waals surface area contributed by atoms with Crippen molar-refractivity contribution in [2.75, 3.05) is 13.2 Å². The minimum atomic E-state index is -0.742. The molecular weight excluding hydrogens is 235 g/mol. The molecule has 1 aromatic carbocycles. The highest BCUT2D eigenvalue weighted by atomic mass is 35.5. The average Bonchev–Trinajstić information content (AvgIpc) is 2.25. The molecule has 0 aliphatic rings. The van der Waals surface area contributed by atoms with Gasteiger partial charge >= 0.3 is 5.97 Å². The van der Waals surface area contributed by atoms with Gasteiger partial charge in [-0.2, -0.15) is 0 Å². The van der Waals surface area contributed by atoms with Gasteiger partial charge < -0.3 is 9.47 Å². The van der Waals surface area contributed by atoms with Crippen LogP contribution < -0.4 is 4.74 Å². The third-order valence-electron chi connectivity index (χ3n) is 1.83. The van der Waals surface area contributed by atoms with Crippen LogP contribution in [-0.4, -0.2) is 19.2 Å². The predicted molar refractivity (Wildman–Crippen MR) is 58.5 cm³/mol. The van der Waals surface area contributed by atoms with Crippen LogP contribution in [0.5, 0.6) is 5.75 Å². The van der Waals surface area contributed by atoms with E-state index in [-0.39, 0.29) is 29.5 Å². The highest BCUT2D eigenvalue weighted by Crippen LogP contribution is 2.29. The maximum atomic E-state index is 13.6. The van der Waals surface area contributed by atoms with E-state index in [1.807, 2.05) is 0 Å². The third-order valence-corrected chi connectivity index (χ3v) is 2.13. The van der Waals surface area contributed by atoms with Gasteiger partial charge in [0.15, 0.2) is 11.6 Å². The van der Waals surface area contributed by atoms with Crippen molar-refractivity contribution in [2.24, 2.45) is 0 Å². The smallest absolute Gasteiger partial charge is 0.342 e. The van der Waals surface area contributed by atoms with Gasteiger partial charge in [-0.15, -0.1) is 0 Å². The van der Waals surface area contributed by atoms with E-state index in [9.17, 15) is 9.18 Å². The standard InChI is InChI=1S/C11H12ClFO3/c1-3-15-10-7(11(14)16-4-2)5-6-8(12)9(10)13/h5-6H,3-4H2,1-2H3. The maximum absolute atomic E-state index is 13.6. The molecule has 16 heavy (non-hydrogen) atoms. The highest BCUT2D eigenvalue weighted by Gasteiger charge is 2.19. The van der Waals surface area contributed by atoms with Crippen molar-refractivity contribution in [3.63, 3.8) is 0 Å². The van der Waals surface area contributed by atoms with E-state index in [0.717, 1.165) is 0 Å². The summed E-state index contributed by atoms with van der Waals surface area (Å²) in [6.07, 6.45) is 0. The molecule has 0 saturated carbocycles. The molecule has 1 aromatic rings. The van der Waals surface area contributed by atoms with Crippen molar-refractivity contribution >= 4 is 17.6 Å². The van der Waals surface area contributed by atoms with Crippen LogP contribution in [0.15, 0.2) is 12.1 Å². The summed E-state index contributed by atoms with van der Waals surface area (Å²) in [6, 6.07) is 2.68. The van der Waals surface area contributed by atoms with Crippen molar-refractivity contribution in [2.45, 2.75) is 13.8 Å². The van der Waals surface area contributed by atoms with E-state index in [2.05, 4.69) is 0 Å². The first kappa shape index (κ1) is 12.8. The van der Waals surface area contributed by atoms with Crippen molar-refractivity contribution in [3.05, 3.63) is 28.5 Å². The highest BCUT2D eigenvalue weighted by molar-refractivity contribution is 6.31. The SMILES string of the molecule is CCOC(=O)c1ccc(Cl)c(F)c1OCC. The molecule has 5 heteroatoms. The van der Waals surface area contributed by atoms with Gasteiger partial charge in [0.1, 0.15) is 5.56 Å². The first-order chi connectivity index (χ1) is 7.61. The minimum absolute atomic E-state index is 0.0469. The number of carbonyl (C=O) groups excluding carboxylic acids is 1. The molecule has 0 aromatic heterocycles. The molecule has 0 amide bonds. The number of ether oxygens (including phenoxy) is 2. The van der Waals surface area contributed by atoms with Gasteiger partial charge in [0.25, 0.3) is 0 Å². The van der Waals surface area contributed by atoms with Gasteiger partial charge in [-0.3, -0.25) is 0 Å². The van der Waals surface area contributed by atoms with Crippen LogP contribution in [0.25, 0.3) is 0 Å². The van der Waals surface area contributed by atoms with Crippen molar-refractivity contribution < 1.29 is 18.7 Å². The zero-order valence-electron chi connectivity index (χ0n) is 9.05. The summed E-state index contributed by atoms with van der Waals surface area (Å²) in [5, 5.41) is -0.0866. The summed E-state index contributed by atoms with van der Waals surface area (Å²) in [7, 11) is 0. The molecule has 1 rings (SSSR count). The lowest BCUT2D eigenvalue weighted by molar-refractivity contribution is 0.0521. The summed E-state index contributed by atoms with van der Waals surface area (Å²) in [5.74, 6) is -1.52. The molecule has 0 bridgehead atoms. The summed E-state index contributed by atoms with van der Waals surface area (Å²) in [4.78, 5) is 11.5. The Morgan fingerprint density at radius 1 is 1.38 bits per heavy atom. The van der Waals surface area contributed by atoms with E-state index in [1.54, 1.807) is 13.8 Å². The molecular formula is C11H12ClFO3. The van der Waals surface area contributed by atoms with Crippen LogP contribution in [0.4, 0.5) is 4.39 Å². The normalized spacial score (nSPS) is 10.0. The molecule has 0 N–H and O–H groups in total. The second kappa shape index (κ2) is 5.70. The van der Waals surface area contributed by atoms with Crippen molar-refractivity contribution in [1.29, 1.82) is 0 Å². The Kier molecular flexibility index (Phi) is 4.55. The first-order valence-corrected chi connectivity index (χ1v) is 5.27. The molecule has 0 saturated heterocycles. The molecule has 0 radical (unpaired) electrons. The summed E-state index contributed by atoms with van der Waals surface area (Å²) >= 11 is 5.60. The Morgan fingerprint density at radius 2 is 2.06 bits per heavy atom. The Balaban J connectivity index is 3.17. The molecule has 0 atom stereocenters. The first-order valence-electron chi connectivity index (χ1n) is 4.89. The fourth-order valence-electron chi connectivity index (χ4n) is 1.19. The molecule has 0 heterocycles. The van der Waals surface area contributed by atoms with Gasteiger partial charge in [-0.25, -0.2) is 9.18 Å². The topological polar surface area (TPSA) is 35.5 Å². The van der Waals surface area contributed by atoms with E-state index in [1.165, 1.54) is 12.1 Å². The summed E-state index contributed by atoms with van der Waals surface area (Å²) in [5.41, 5.74) is 0.0469. The second-order valence-corrected chi connectivity index (χ2v) is 3.30. The lowest BCUT2D eigenvalue weighted by atomic mass is 10.2.